The van der Waals surface area contributed by atoms with Crippen LogP contribution < -0.4 is 10.6 Å². The molecule has 22 heavy (non-hydrogen) atoms. The first-order valence-electron chi connectivity index (χ1n) is 7.15. The van der Waals surface area contributed by atoms with Gasteiger partial charge in [-0.3, -0.25) is 4.79 Å². The van der Waals surface area contributed by atoms with Crippen molar-refractivity contribution in [1.82, 2.24) is 5.32 Å². The summed E-state index contributed by atoms with van der Waals surface area (Å²) in [5.41, 5.74) is 1.10. The van der Waals surface area contributed by atoms with Crippen molar-refractivity contribution in [2.24, 2.45) is 5.92 Å². The van der Waals surface area contributed by atoms with Gasteiger partial charge in [-0.05, 0) is 37.1 Å². The van der Waals surface area contributed by atoms with Gasteiger partial charge in [0.05, 0.1) is 7.11 Å². The first-order chi connectivity index (χ1) is 10.4. The van der Waals surface area contributed by atoms with Crippen molar-refractivity contribution in [2.45, 2.75) is 33.2 Å². The minimum Gasteiger partial charge on any atom is -0.467 e. The number of rotatable bonds is 6. The van der Waals surface area contributed by atoms with E-state index in [9.17, 15) is 14.4 Å². The van der Waals surface area contributed by atoms with Crippen LogP contribution in [0.1, 0.15) is 37.6 Å². The Morgan fingerprint density at radius 1 is 1.18 bits per heavy atom. The van der Waals surface area contributed by atoms with Gasteiger partial charge in [-0.15, -0.1) is 0 Å². The maximum Gasteiger partial charge on any atom is 0.328 e. The van der Waals surface area contributed by atoms with Crippen LogP contribution >= 0.6 is 0 Å². The normalized spacial score (nSPS) is 12.9. The summed E-state index contributed by atoms with van der Waals surface area (Å²) >= 11 is 0. The lowest BCUT2D eigenvalue weighted by molar-refractivity contribution is -0.144. The first-order valence-corrected chi connectivity index (χ1v) is 7.15. The van der Waals surface area contributed by atoms with Crippen LogP contribution in [0.3, 0.4) is 0 Å². The van der Waals surface area contributed by atoms with Gasteiger partial charge in [0.1, 0.15) is 6.04 Å². The molecule has 2 amide bonds. The number of benzene rings is 1. The fraction of sp³-hybridized carbons (Fsp3) is 0.438. The largest absolute Gasteiger partial charge is 0.467 e. The maximum atomic E-state index is 12.0. The number of hydrogen-bond donors (Lipinski definition) is 2. The standard InChI is InChI=1S/C16H22N2O4/c1-5-10(2)14(15(20)22-4)18-16(21)17-13-8-6-12(7-9-13)11(3)19/h6-10,14H,5H2,1-4H3,(H2,17,18,21)/t10?,14-/m1/s1. The van der Waals surface area contributed by atoms with E-state index in [0.717, 1.165) is 6.42 Å². The molecule has 0 bridgehead atoms. The van der Waals surface area contributed by atoms with Gasteiger partial charge in [0, 0.05) is 11.3 Å². The molecule has 2 atom stereocenters. The van der Waals surface area contributed by atoms with E-state index >= 15 is 0 Å². The Morgan fingerprint density at radius 2 is 1.77 bits per heavy atom. The number of esters is 1. The number of carbonyl (C=O) groups is 3. The minimum atomic E-state index is -0.702. The number of amides is 2. The quantitative estimate of drug-likeness (QED) is 0.625. The maximum absolute atomic E-state index is 12.0. The van der Waals surface area contributed by atoms with E-state index in [4.69, 9.17) is 4.74 Å². The third-order valence-corrected chi connectivity index (χ3v) is 3.50. The molecular formula is C16H22N2O4. The van der Waals surface area contributed by atoms with Crippen LogP contribution in [0.5, 0.6) is 0 Å². The molecular weight excluding hydrogens is 284 g/mol. The summed E-state index contributed by atoms with van der Waals surface area (Å²) in [6.07, 6.45) is 0.730. The van der Waals surface area contributed by atoms with Crippen molar-refractivity contribution in [1.29, 1.82) is 0 Å². The molecule has 0 aliphatic heterocycles. The highest BCUT2D eigenvalue weighted by Crippen LogP contribution is 2.12. The Morgan fingerprint density at radius 3 is 2.23 bits per heavy atom. The number of carbonyl (C=O) groups excluding carboxylic acids is 3. The van der Waals surface area contributed by atoms with Crippen LogP contribution in [0, 0.1) is 5.92 Å². The average molecular weight is 306 g/mol. The van der Waals surface area contributed by atoms with Crippen molar-refractivity contribution >= 4 is 23.5 Å². The minimum absolute atomic E-state index is 0.0430. The summed E-state index contributed by atoms with van der Waals surface area (Å²) in [7, 11) is 1.29. The third kappa shape index (κ3) is 4.87. The molecule has 6 nitrogen and oxygen atoms in total. The van der Waals surface area contributed by atoms with Crippen molar-refractivity contribution in [3.63, 3.8) is 0 Å². The lowest BCUT2D eigenvalue weighted by atomic mass is 9.99. The zero-order valence-corrected chi connectivity index (χ0v) is 13.3. The Balaban J connectivity index is 2.70. The highest BCUT2D eigenvalue weighted by atomic mass is 16.5. The van der Waals surface area contributed by atoms with Gasteiger partial charge in [0.2, 0.25) is 0 Å². The number of nitrogens with one attached hydrogen (secondary N) is 2. The molecule has 0 saturated carbocycles. The lowest BCUT2D eigenvalue weighted by Crippen LogP contribution is -2.47. The number of hydrogen-bond acceptors (Lipinski definition) is 4. The zero-order valence-electron chi connectivity index (χ0n) is 13.3. The molecule has 1 rings (SSSR count). The summed E-state index contributed by atoms with van der Waals surface area (Å²) in [6.45, 7) is 5.27. The molecule has 0 heterocycles. The lowest BCUT2D eigenvalue weighted by Gasteiger charge is -2.22. The molecule has 0 aliphatic carbocycles. The Kier molecular flexibility index (Phi) is 6.56. The number of anilines is 1. The van der Waals surface area contributed by atoms with Gasteiger partial charge in [0.25, 0.3) is 0 Å². The average Bonchev–Trinajstić information content (AvgIpc) is 2.51. The first kappa shape index (κ1) is 17.7. The van der Waals surface area contributed by atoms with Crippen LogP contribution in [0.15, 0.2) is 24.3 Å². The van der Waals surface area contributed by atoms with Crippen LogP contribution in [0.2, 0.25) is 0 Å². The second kappa shape index (κ2) is 8.17. The monoisotopic (exact) mass is 306 g/mol. The van der Waals surface area contributed by atoms with Gasteiger partial charge in [-0.25, -0.2) is 9.59 Å². The van der Waals surface area contributed by atoms with Gasteiger partial charge >= 0.3 is 12.0 Å². The highest BCUT2D eigenvalue weighted by molar-refractivity contribution is 5.96. The summed E-state index contributed by atoms with van der Waals surface area (Å²) < 4.78 is 4.71. The molecule has 0 radical (unpaired) electrons. The number of ether oxygens (including phenoxy) is 1. The molecule has 0 saturated heterocycles. The van der Waals surface area contributed by atoms with Crippen LogP contribution in [-0.2, 0) is 9.53 Å². The molecule has 6 heteroatoms. The van der Waals surface area contributed by atoms with E-state index in [1.165, 1.54) is 14.0 Å². The SMILES string of the molecule is CCC(C)[C@@H](NC(=O)Nc1ccc(C(C)=O)cc1)C(=O)OC. The van der Waals surface area contributed by atoms with E-state index in [1.807, 2.05) is 13.8 Å². The Labute approximate surface area is 130 Å². The molecule has 2 N–H and O–H groups in total. The smallest absolute Gasteiger partial charge is 0.328 e. The van der Waals surface area contributed by atoms with Gasteiger partial charge < -0.3 is 15.4 Å². The third-order valence-electron chi connectivity index (χ3n) is 3.50. The summed E-state index contributed by atoms with van der Waals surface area (Å²) in [4.78, 5) is 34.9. The van der Waals surface area contributed by atoms with E-state index in [-0.39, 0.29) is 11.7 Å². The molecule has 1 aromatic carbocycles. The van der Waals surface area contributed by atoms with E-state index in [1.54, 1.807) is 24.3 Å². The zero-order chi connectivity index (χ0) is 16.7. The van der Waals surface area contributed by atoms with Crippen LogP contribution in [0.4, 0.5) is 10.5 Å². The van der Waals surface area contributed by atoms with E-state index < -0.39 is 18.0 Å². The topological polar surface area (TPSA) is 84.5 Å². The van der Waals surface area contributed by atoms with Crippen molar-refractivity contribution in [2.75, 3.05) is 12.4 Å². The summed E-state index contributed by atoms with van der Waals surface area (Å²) in [5, 5.41) is 5.24. The molecule has 0 aliphatic rings. The van der Waals surface area contributed by atoms with Gasteiger partial charge in [-0.2, -0.15) is 0 Å². The molecule has 0 fully saturated rings. The fourth-order valence-corrected chi connectivity index (χ4v) is 1.89. The number of methoxy groups -OCH3 is 1. The van der Waals surface area contributed by atoms with Gasteiger partial charge in [-0.1, -0.05) is 20.3 Å². The Bertz CT molecular complexity index is 540. The van der Waals surface area contributed by atoms with Crippen LogP contribution in [-0.4, -0.2) is 30.9 Å². The molecule has 120 valence electrons. The summed E-state index contributed by atoms with van der Waals surface area (Å²) in [5.74, 6) is -0.562. The second-order valence-electron chi connectivity index (χ2n) is 5.12. The molecule has 1 unspecified atom stereocenters. The highest BCUT2D eigenvalue weighted by Gasteiger charge is 2.26. The fourth-order valence-electron chi connectivity index (χ4n) is 1.89. The van der Waals surface area contributed by atoms with E-state index in [2.05, 4.69) is 10.6 Å². The Hall–Kier alpha value is -2.37. The van der Waals surface area contributed by atoms with Gasteiger partial charge in [0.15, 0.2) is 5.78 Å². The summed E-state index contributed by atoms with van der Waals surface area (Å²) in [6, 6.07) is 5.33. The predicted octanol–water partition coefficient (Wildman–Crippen LogP) is 2.60. The van der Waals surface area contributed by atoms with E-state index in [0.29, 0.717) is 11.3 Å². The molecule has 0 spiro atoms. The van der Waals surface area contributed by atoms with Crippen LogP contribution in [0.25, 0.3) is 0 Å². The second-order valence-corrected chi connectivity index (χ2v) is 5.12. The van der Waals surface area contributed by atoms with Crippen molar-refractivity contribution in [3.05, 3.63) is 29.8 Å². The van der Waals surface area contributed by atoms with Crippen molar-refractivity contribution < 1.29 is 19.1 Å². The number of Topliss-reactive ketones (excluding diaryl/α,β-unsaturated/α-hetero) is 1. The number of urea groups is 1. The molecule has 1 aromatic rings. The predicted molar refractivity (Wildman–Crippen MR) is 83.9 cm³/mol. The number of ketones is 1. The molecule has 0 aromatic heterocycles. The van der Waals surface area contributed by atoms with Crippen molar-refractivity contribution in [3.8, 4) is 0 Å².